The van der Waals surface area contributed by atoms with E-state index in [1.807, 2.05) is 11.8 Å². The first-order chi connectivity index (χ1) is 7.58. The van der Waals surface area contributed by atoms with Gasteiger partial charge in [0.05, 0.1) is 11.6 Å². The topological polar surface area (TPSA) is 55.6 Å². The van der Waals surface area contributed by atoms with Crippen molar-refractivity contribution in [1.82, 2.24) is 4.90 Å². The van der Waals surface area contributed by atoms with Crippen LogP contribution in [0, 0.1) is 5.92 Å². The molecule has 0 bridgehead atoms. The van der Waals surface area contributed by atoms with Gasteiger partial charge in [-0.2, -0.15) is 0 Å². The van der Waals surface area contributed by atoms with Crippen molar-refractivity contribution < 1.29 is 9.53 Å². The lowest BCUT2D eigenvalue weighted by Gasteiger charge is -2.48. The minimum atomic E-state index is -0.196. The molecule has 0 aromatic carbocycles. The molecular formula is C12H20N2O2. The largest absolute Gasteiger partial charge is 0.365 e. The lowest BCUT2D eigenvalue weighted by Crippen LogP contribution is -2.71. The summed E-state index contributed by atoms with van der Waals surface area (Å²) in [5.74, 6) is 0.825. The lowest BCUT2D eigenvalue weighted by atomic mass is 9.85. The van der Waals surface area contributed by atoms with E-state index in [0.717, 1.165) is 25.9 Å². The van der Waals surface area contributed by atoms with Crippen molar-refractivity contribution in [3.63, 3.8) is 0 Å². The molecule has 2 heterocycles. The zero-order chi connectivity index (χ0) is 11.3. The normalized spacial score (nSPS) is 37.2. The summed E-state index contributed by atoms with van der Waals surface area (Å²) < 4.78 is 5.59. The number of nitrogens with two attached hydrogens (primary N) is 1. The molecule has 0 radical (unpaired) electrons. The molecule has 1 saturated carbocycles. The van der Waals surface area contributed by atoms with Crippen LogP contribution in [0.4, 0.5) is 0 Å². The molecule has 16 heavy (non-hydrogen) atoms. The second-order valence-corrected chi connectivity index (χ2v) is 5.71. The summed E-state index contributed by atoms with van der Waals surface area (Å²) in [5, 5.41) is 0. The van der Waals surface area contributed by atoms with E-state index in [0.29, 0.717) is 5.92 Å². The summed E-state index contributed by atoms with van der Waals surface area (Å²) in [6.45, 7) is 3.51. The molecule has 3 fully saturated rings. The fourth-order valence-corrected chi connectivity index (χ4v) is 2.92. The van der Waals surface area contributed by atoms with Gasteiger partial charge in [-0.25, -0.2) is 0 Å². The maximum absolute atomic E-state index is 12.0. The van der Waals surface area contributed by atoms with Crippen LogP contribution in [-0.2, 0) is 9.53 Å². The number of carbonyl (C=O) groups is 1. The van der Waals surface area contributed by atoms with Gasteiger partial charge in [0.25, 0.3) is 5.91 Å². The third-order valence-electron chi connectivity index (χ3n) is 4.18. The van der Waals surface area contributed by atoms with Gasteiger partial charge >= 0.3 is 0 Å². The molecule has 2 atom stereocenters. The van der Waals surface area contributed by atoms with Gasteiger partial charge in [-0.05, 0) is 38.5 Å². The fraction of sp³-hybridized carbons (Fsp3) is 0.917. The number of hydrogen-bond donors (Lipinski definition) is 1. The molecule has 3 rings (SSSR count). The highest BCUT2D eigenvalue weighted by Crippen LogP contribution is 2.43. The highest BCUT2D eigenvalue weighted by molar-refractivity contribution is 5.82. The van der Waals surface area contributed by atoms with Crippen LogP contribution in [0.2, 0.25) is 0 Å². The first kappa shape index (κ1) is 10.5. The smallest absolute Gasteiger partial charge is 0.251 e. The monoisotopic (exact) mass is 224 g/mol. The van der Waals surface area contributed by atoms with Crippen molar-refractivity contribution in [3.05, 3.63) is 0 Å². The molecule has 4 heteroatoms. The molecule has 3 aliphatic rings. The van der Waals surface area contributed by atoms with Crippen molar-refractivity contribution in [2.45, 2.75) is 50.4 Å². The Morgan fingerprint density at radius 2 is 2.00 bits per heavy atom. The quantitative estimate of drug-likeness (QED) is 0.743. The standard InChI is InChI=1S/C12H20N2O2/c1-8-2-5-10(16-8)11(15)14-6-12(13,7-14)9-3-4-9/h8-10H,2-7,13H2,1H3. The molecule has 2 N–H and O–H groups in total. The zero-order valence-electron chi connectivity index (χ0n) is 9.82. The number of rotatable bonds is 2. The van der Waals surface area contributed by atoms with Gasteiger partial charge in [-0.15, -0.1) is 0 Å². The van der Waals surface area contributed by atoms with E-state index < -0.39 is 0 Å². The van der Waals surface area contributed by atoms with Crippen molar-refractivity contribution in [2.24, 2.45) is 11.7 Å². The molecule has 2 unspecified atom stereocenters. The van der Waals surface area contributed by atoms with Crippen LogP contribution < -0.4 is 5.73 Å². The number of nitrogens with zero attached hydrogens (tertiary/aromatic N) is 1. The summed E-state index contributed by atoms with van der Waals surface area (Å²) in [6, 6.07) is 0. The third-order valence-corrected chi connectivity index (χ3v) is 4.18. The van der Waals surface area contributed by atoms with E-state index in [4.69, 9.17) is 10.5 Å². The molecule has 1 aliphatic carbocycles. The SMILES string of the molecule is CC1CCC(C(=O)N2CC(N)(C3CC3)C2)O1. The maximum atomic E-state index is 12.0. The average Bonchev–Trinajstić information content (AvgIpc) is 2.96. The average molecular weight is 224 g/mol. The minimum absolute atomic E-state index is 0.0696. The zero-order valence-corrected chi connectivity index (χ0v) is 9.82. The number of ether oxygens (including phenoxy) is 1. The molecule has 2 aliphatic heterocycles. The Bertz CT molecular complexity index is 308. The first-order valence-corrected chi connectivity index (χ1v) is 6.32. The predicted octanol–water partition coefficient (Wildman–Crippen LogP) is 0.504. The summed E-state index contributed by atoms with van der Waals surface area (Å²) in [7, 11) is 0. The number of amides is 1. The molecule has 4 nitrogen and oxygen atoms in total. The fourth-order valence-electron chi connectivity index (χ4n) is 2.92. The van der Waals surface area contributed by atoms with Crippen LogP contribution in [0.15, 0.2) is 0 Å². The van der Waals surface area contributed by atoms with Gasteiger partial charge < -0.3 is 15.4 Å². The van der Waals surface area contributed by atoms with Crippen LogP contribution in [0.1, 0.15) is 32.6 Å². The predicted molar refractivity (Wildman–Crippen MR) is 59.8 cm³/mol. The van der Waals surface area contributed by atoms with Gasteiger partial charge in [-0.3, -0.25) is 4.79 Å². The molecule has 0 spiro atoms. The number of likely N-dealkylation sites (tertiary alicyclic amines) is 1. The Morgan fingerprint density at radius 3 is 2.50 bits per heavy atom. The molecule has 2 saturated heterocycles. The summed E-state index contributed by atoms with van der Waals surface area (Å²) in [4.78, 5) is 13.9. The van der Waals surface area contributed by atoms with Crippen LogP contribution in [-0.4, -0.2) is 41.6 Å². The molecular weight excluding hydrogens is 204 g/mol. The number of carbonyl (C=O) groups excluding carboxylic acids is 1. The molecule has 0 aromatic rings. The number of hydrogen-bond acceptors (Lipinski definition) is 3. The maximum Gasteiger partial charge on any atom is 0.251 e. The molecule has 1 amide bonds. The molecule has 90 valence electrons. The van der Waals surface area contributed by atoms with Crippen molar-refractivity contribution in [2.75, 3.05) is 13.1 Å². The van der Waals surface area contributed by atoms with Crippen molar-refractivity contribution >= 4 is 5.91 Å². The van der Waals surface area contributed by atoms with Gasteiger partial charge in [0.2, 0.25) is 0 Å². The highest BCUT2D eigenvalue weighted by atomic mass is 16.5. The van der Waals surface area contributed by atoms with Crippen molar-refractivity contribution in [1.29, 1.82) is 0 Å². The van der Waals surface area contributed by atoms with Gasteiger partial charge in [0.15, 0.2) is 0 Å². The van der Waals surface area contributed by atoms with E-state index >= 15 is 0 Å². The highest BCUT2D eigenvalue weighted by Gasteiger charge is 2.52. The van der Waals surface area contributed by atoms with Gasteiger partial charge in [-0.1, -0.05) is 0 Å². The second kappa shape index (κ2) is 3.44. The first-order valence-electron chi connectivity index (χ1n) is 6.32. The lowest BCUT2D eigenvalue weighted by molar-refractivity contribution is -0.150. The van der Waals surface area contributed by atoms with E-state index in [-0.39, 0.29) is 23.7 Å². The van der Waals surface area contributed by atoms with Crippen LogP contribution in [0.25, 0.3) is 0 Å². The summed E-state index contributed by atoms with van der Waals surface area (Å²) >= 11 is 0. The Balaban J connectivity index is 1.54. The summed E-state index contributed by atoms with van der Waals surface area (Å²) in [5.41, 5.74) is 6.16. The van der Waals surface area contributed by atoms with E-state index in [2.05, 4.69) is 0 Å². The Kier molecular flexibility index (Phi) is 2.27. The van der Waals surface area contributed by atoms with Gasteiger partial charge in [0, 0.05) is 13.1 Å². The third kappa shape index (κ3) is 1.64. The minimum Gasteiger partial charge on any atom is -0.365 e. The second-order valence-electron chi connectivity index (χ2n) is 5.71. The van der Waals surface area contributed by atoms with E-state index in [1.54, 1.807) is 0 Å². The van der Waals surface area contributed by atoms with E-state index in [1.165, 1.54) is 12.8 Å². The van der Waals surface area contributed by atoms with Gasteiger partial charge in [0.1, 0.15) is 6.10 Å². The van der Waals surface area contributed by atoms with Crippen LogP contribution in [0.5, 0.6) is 0 Å². The van der Waals surface area contributed by atoms with E-state index in [9.17, 15) is 4.79 Å². The molecule has 0 aromatic heterocycles. The Hall–Kier alpha value is -0.610. The summed E-state index contributed by atoms with van der Waals surface area (Å²) in [6.07, 6.45) is 4.41. The van der Waals surface area contributed by atoms with Crippen molar-refractivity contribution in [3.8, 4) is 0 Å². The Morgan fingerprint density at radius 1 is 1.31 bits per heavy atom. The van der Waals surface area contributed by atoms with Crippen LogP contribution >= 0.6 is 0 Å². The Labute approximate surface area is 96.1 Å². The van der Waals surface area contributed by atoms with Crippen LogP contribution in [0.3, 0.4) is 0 Å².